The van der Waals surface area contributed by atoms with Gasteiger partial charge in [0.2, 0.25) is 0 Å². The van der Waals surface area contributed by atoms with Gasteiger partial charge in [0.25, 0.3) is 0 Å². The SMILES string of the molecule is O[C@@H](Cc1ccc(F)cc1Cl)C(F)(F)F. The Morgan fingerprint density at radius 2 is 1.93 bits per heavy atom. The van der Waals surface area contributed by atoms with Crippen LogP contribution in [0.4, 0.5) is 17.6 Å². The molecule has 0 saturated carbocycles. The van der Waals surface area contributed by atoms with Crippen molar-refractivity contribution in [3.05, 3.63) is 34.6 Å². The van der Waals surface area contributed by atoms with E-state index in [4.69, 9.17) is 16.7 Å². The molecule has 0 heterocycles. The van der Waals surface area contributed by atoms with E-state index < -0.39 is 24.5 Å². The van der Waals surface area contributed by atoms with Crippen LogP contribution in [0.3, 0.4) is 0 Å². The largest absolute Gasteiger partial charge is 0.414 e. The lowest BCUT2D eigenvalue weighted by Gasteiger charge is -2.14. The molecule has 0 unspecified atom stereocenters. The van der Waals surface area contributed by atoms with Crippen LogP contribution < -0.4 is 0 Å². The zero-order valence-corrected chi connectivity index (χ0v) is 8.11. The predicted octanol–water partition coefficient (Wildman–Crippen LogP) is 2.94. The molecule has 1 rings (SSSR count). The monoisotopic (exact) mass is 242 g/mol. The average molecular weight is 243 g/mol. The van der Waals surface area contributed by atoms with Crippen LogP contribution in [0.2, 0.25) is 5.02 Å². The first-order valence-electron chi connectivity index (χ1n) is 3.99. The molecule has 0 saturated heterocycles. The third-order valence-electron chi connectivity index (χ3n) is 1.81. The van der Waals surface area contributed by atoms with Crippen LogP contribution in [0.1, 0.15) is 5.56 Å². The summed E-state index contributed by atoms with van der Waals surface area (Å²) in [5.41, 5.74) is 0.0582. The molecule has 1 aromatic rings. The zero-order valence-electron chi connectivity index (χ0n) is 7.35. The molecule has 0 aliphatic rings. The summed E-state index contributed by atoms with van der Waals surface area (Å²) in [6, 6.07) is 3.01. The van der Waals surface area contributed by atoms with Crippen LogP contribution in [-0.4, -0.2) is 17.4 Å². The minimum atomic E-state index is -4.70. The minimum absolute atomic E-state index is 0.0582. The summed E-state index contributed by atoms with van der Waals surface area (Å²) in [4.78, 5) is 0. The summed E-state index contributed by atoms with van der Waals surface area (Å²) in [5, 5.41) is 8.63. The molecule has 0 aliphatic carbocycles. The van der Waals surface area contributed by atoms with Crippen molar-refractivity contribution in [3.8, 4) is 0 Å². The van der Waals surface area contributed by atoms with E-state index in [-0.39, 0.29) is 10.6 Å². The normalized spacial score (nSPS) is 14.0. The third-order valence-corrected chi connectivity index (χ3v) is 2.16. The Hall–Kier alpha value is -0.810. The van der Waals surface area contributed by atoms with Crippen LogP contribution in [0.25, 0.3) is 0 Å². The van der Waals surface area contributed by atoms with Crippen molar-refractivity contribution >= 4 is 11.6 Å². The topological polar surface area (TPSA) is 20.2 Å². The number of hydrogen-bond donors (Lipinski definition) is 1. The maximum atomic E-state index is 12.5. The second kappa shape index (κ2) is 4.37. The summed E-state index contributed by atoms with van der Waals surface area (Å²) >= 11 is 5.51. The number of aliphatic hydroxyl groups excluding tert-OH is 1. The van der Waals surface area contributed by atoms with Gasteiger partial charge in [0.15, 0.2) is 6.10 Å². The molecule has 84 valence electrons. The molecule has 0 fully saturated rings. The number of benzene rings is 1. The van der Waals surface area contributed by atoms with E-state index in [1.807, 2.05) is 0 Å². The van der Waals surface area contributed by atoms with Crippen molar-refractivity contribution < 1.29 is 22.7 Å². The van der Waals surface area contributed by atoms with Crippen LogP contribution in [0.5, 0.6) is 0 Å². The zero-order chi connectivity index (χ0) is 11.6. The third kappa shape index (κ3) is 3.35. The van der Waals surface area contributed by atoms with E-state index in [2.05, 4.69) is 0 Å². The number of alkyl halides is 3. The summed E-state index contributed by atoms with van der Waals surface area (Å²) < 4.78 is 48.5. The van der Waals surface area contributed by atoms with Crippen LogP contribution >= 0.6 is 11.6 Å². The van der Waals surface area contributed by atoms with E-state index in [0.717, 1.165) is 18.2 Å². The highest BCUT2D eigenvalue weighted by molar-refractivity contribution is 6.31. The van der Waals surface area contributed by atoms with Gasteiger partial charge < -0.3 is 5.11 Å². The Morgan fingerprint density at radius 1 is 1.33 bits per heavy atom. The molecular formula is C9H7ClF4O. The second-order valence-electron chi connectivity index (χ2n) is 3.00. The Morgan fingerprint density at radius 3 is 2.40 bits per heavy atom. The van der Waals surface area contributed by atoms with E-state index >= 15 is 0 Å². The number of rotatable bonds is 2. The summed E-state index contributed by atoms with van der Waals surface area (Å²) in [6.45, 7) is 0. The summed E-state index contributed by atoms with van der Waals surface area (Å²) in [7, 11) is 0. The molecule has 0 aliphatic heterocycles. The fourth-order valence-corrected chi connectivity index (χ4v) is 1.26. The Labute approximate surface area is 88.3 Å². The van der Waals surface area contributed by atoms with Crippen molar-refractivity contribution in [1.82, 2.24) is 0 Å². The fraction of sp³-hybridized carbons (Fsp3) is 0.333. The van der Waals surface area contributed by atoms with Crippen molar-refractivity contribution in [3.63, 3.8) is 0 Å². The lowest BCUT2D eigenvalue weighted by atomic mass is 10.1. The van der Waals surface area contributed by atoms with Crippen molar-refractivity contribution in [2.45, 2.75) is 18.7 Å². The summed E-state index contributed by atoms with van der Waals surface area (Å²) in [5.74, 6) is -0.634. The molecular weight excluding hydrogens is 236 g/mol. The molecule has 6 heteroatoms. The molecule has 0 amide bonds. The first-order valence-corrected chi connectivity index (χ1v) is 4.37. The highest BCUT2D eigenvalue weighted by Gasteiger charge is 2.38. The van der Waals surface area contributed by atoms with Gasteiger partial charge in [-0.05, 0) is 17.7 Å². The van der Waals surface area contributed by atoms with Gasteiger partial charge in [-0.15, -0.1) is 0 Å². The average Bonchev–Trinajstić information content (AvgIpc) is 2.08. The fourth-order valence-electron chi connectivity index (χ4n) is 1.01. The molecule has 1 N–H and O–H groups in total. The van der Waals surface area contributed by atoms with Gasteiger partial charge in [-0.25, -0.2) is 4.39 Å². The van der Waals surface area contributed by atoms with Crippen LogP contribution in [0.15, 0.2) is 18.2 Å². The van der Waals surface area contributed by atoms with Crippen molar-refractivity contribution in [1.29, 1.82) is 0 Å². The van der Waals surface area contributed by atoms with Gasteiger partial charge in [0.1, 0.15) is 5.82 Å². The molecule has 0 radical (unpaired) electrons. The van der Waals surface area contributed by atoms with Gasteiger partial charge in [-0.2, -0.15) is 13.2 Å². The van der Waals surface area contributed by atoms with Gasteiger partial charge in [0.05, 0.1) is 0 Å². The Kier molecular flexibility index (Phi) is 3.57. The van der Waals surface area contributed by atoms with Gasteiger partial charge >= 0.3 is 6.18 Å². The molecule has 1 aromatic carbocycles. The summed E-state index contributed by atoms with van der Waals surface area (Å²) in [6.07, 6.45) is -7.86. The van der Waals surface area contributed by atoms with Gasteiger partial charge in [-0.3, -0.25) is 0 Å². The molecule has 0 aromatic heterocycles. The smallest absolute Gasteiger partial charge is 0.383 e. The van der Waals surface area contributed by atoms with Crippen molar-refractivity contribution in [2.75, 3.05) is 0 Å². The lowest BCUT2D eigenvalue weighted by Crippen LogP contribution is -2.30. The predicted molar refractivity (Wildman–Crippen MR) is 47.2 cm³/mol. The van der Waals surface area contributed by atoms with E-state index in [0.29, 0.717) is 0 Å². The molecule has 15 heavy (non-hydrogen) atoms. The molecule has 1 atom stereocenters. The maximum absolute atomic E-state index is 12.5. The minimum Gasteiger partial charge on any atom is -0.383 e. The maximum Gasteiger partial charge on any atom is 0.414 e. The first kappa shape index (κ1) is 12.3. The van der Waals surface area contributed by atoms with E-state index in [9.17, 15) is 17.6 Å². The van der Waals surface area contributed by atoms with Crippen LogP contribution in [0, 0.1) is 5.82 Å². The van der Waals surface area contributed by atoms with Gasteiger partial charge in [0, 0.05) is 11.4 Å². The lowest BCUT2D eigenvalue weighted by molar-refractivity contribution is -0.203. The van der Waals surface area contributed by atoms with Crippen LogP contribution in [-0.2, 0) is 6.42 Å². The molecule has 0 bridgehead atoms. The standard InChI is InChI=1S/C9H7ClF4O/c10-7-4-6(11)2-1-5(7)3-8(15)9(12,13)14/h1-2,4,8,15H,3H2/t8-/m0/s1. The second-order valence-corrected chi connectivity index (χ2v) is 3.40. The van der Waals surface area contributed by atoms with Crippen molar-refractivity contribution in [2.24, 2.45) is 0 Å². The first-order chi connectivity index (χ1) is 6.80. The highest BCUT2D eigenvalue weighted by atomic mass is 35.5. The number of aliphatic hydroxyl groups is 1. The number of halogens is 5. The highest BCUT2D eigenvalue weighted by Crippen LogP contribution is 2.26. The number of hydrogen-bond acceptors (Lipinski definition) is 1. The quantitative estimate of drug-likeness (QED) is 0.791. The molecule has 1 nitrogen and oxygen atoms in total. The van der Waals surface area contributed by atoms with E-state index in [1.54, 1.807) is 0 Å². The molecule has 0 spiro atoms. The van der Waals surface area contributed by atoms with E-state index in [1.165, 1.54) is 0 Å². The Balaban J connectivity index is 2.82. The Bertz CT molecular complexity index is 350. The van der Waals surface area contributed by atoms with Gasteiger partial charge in [-0.1, -0.05) is 17.7 Å².